The average Bonchev–Trinajstić information content (AvgIpc) is 2.85. The highest BCUT2D eigenvalue weighted by Crippen LogP contribution is 2.15. The molecule has 7 nitrogen and oxygen atoms in total. The van der Waals surface area contributed by atoms with Crippen LogP contribution in [0.3, 0.4) is 0 Å². The highest BCUT2D eigenvalue weighted by Gasteiger charge is 2.13. The molecule has 1 aromatic carbocycles. The number of aromatic nitrogens is 1. The molecule has 1 fully saturated rings. The third kappa shape index (κ3) is 7.64. The van der Waals surface area contributed by atoms with E-state index in [-0.39, 0.29) is 24.5 Å². The Morgan fingerprint density at radius 1 is 1.06 bits per heavy atom. The first-order valence-electron chi connectivity index (χ1n) is 11.5. The maximum atomic E-state index is 12.4. The summed E-state index contributed by atoms with van der Waals surface area (Å²) in [4.78, 5) is 31.2. The standard InChI is InChI=1S/C25H33N3O4/c1-2-3-4-15-32-22-8-6-21(7-9-22)23(29)10-12-25(30)27-19-20-5-11-24(26-18-20)28-13-16-31-17-14-28/h5-9,11,18H,2-4,10,12-17,19H2,1H3,(H,27,30). The van der Waals surface area contributed by atoms with Crippen LogP contribution in [0.25, 0.3) is 0 Å². The number of amides is 1. The number of anilines is 1. The van der Waals surface area contributed by atoms with Crippen LogP contribution < -0.4 is 15.0 Å². The number of nitrogens with zero attached hydrogens (tertiary/aromatic N) is 2. The normalized spacial score (nSPS) is 13.6. The van der Waals surface area contributed by atoms with Gasteiger partial charge in [0, 0.05) is 44.2 Å². The van der Waals surface area contributed by atoms with Crippen molar-refractivity contribution < 1.29 is 19.1 Å². The molecule has 0 aliphatic carbocycles. The molecule has 1 aliphatic heterocycles. The van der Waals surface area contributed by atoms with E-state index < -0.39 is 0 Å². The van der Waals surface area contributed by atoms with E-state index in [1.54, 1.807) is 18.3 Å². The molecule has 1 amide bonds. The van der Waals surface area contributed by atoms with Gasteiger partial charge in [0.1, 0.15) is 11.6 Å². The molecule has 2 heterocycles. The van der Waals surface area contributed by atoms with Gasteiger partial charge in [-0.2, -0.15) is 0 Å². The number of Topliss-reactive ketones (excluding diaryl/α,β-unsaturated/α-hetero) is 1. The highest BCUT2D eigenvalue weighted by atomic mass is 16.5. The number of carbonyl (C=O) groups is 2. The smallest absolute Gasteiger partial charge is 0.220 e. The zero-order valence-corrected chi connectivity index (χ0v) is 18.8. The van der Waals surface area contributed by atoms with Crippen molar-refractivity contribution in [1.29, 1.82) is 0 Å². The van der Waals surface area contributed by atoms with E-state index in [1.165, 1.54) is 0 Å². The predicted octanol–water partition coefficient (Wildman–Crippen LogP) is 3.77. The summed E-state index contributed by atoms with van der Waals surface area (Å²) < 4.78 is 11.0. The SMILES string of the molecule is CCCCCOc1ccc(C(=O)CCC(=O)NCc2ccc(N3CCOCC3)nc2)cc1. The molecule has 1 N–H and O–H groups in total. The summed E-state index contributed by atoms with van der Waals surface area (Å²) in [6.45, 7) is 6.35. The average molecular weight is 440 g/mol. The number of morpholine rings is 1. The first-order valence-corrected chi connectivity index (χ1v) is 11.5. The molecule has 32 heavy (non-hydrogen) atoms. The minimum absolute atomic E-state index is 0.0470. The number of hydrogen-bond acceptors (Lipinski definition) is 6. The molecule has 0 spiro atoms. The molecule has 0 unspecified atom stereocenters. The highest BCUT2D eigenvalue weighted by molar-refractivity contribution is 5.98. The second-order valence-corrected chi connectivity index (χ2v) is 7.90. The van der Waals surface area contributed by atoms with Gasteiger partial charge in [0.05, 0.1) is 19.8 Å². The van der Waals surface area contributed by atoms with Crippen LogP contribution in [0.1, 0.15) is 54.9 Å². The van der Waals surface area contributed by atoms with E-state index in [4.69, 9.17) is 9.47 Å². The van der Waals surface area contributed by atoms with Gasteiger partial charge in [-0.15, -0.1) is 0 Å². The van der Waals surface area contributed by atoms with Crippen LogP contribution in [0.4, 0.5) is 5.82 Å². The van der Waals surface area contributed by atoms with Crippen molar-refractivity contribution in [1.82, 2.24) is 10.3 Å². The zero-order chi connectivity index (χ0) is 22.6. The Labute approximate surface area is 190 Å². The van der Waals surface area contributed by atoms with Gasteiger partial charge >= 0.3 is 0 Å². The number of carbonyl (C=O) groups excluding carboxylic acids is 2. The second-order valence-electron chi connectivity index (χ2n) is 7.90. The zero-order valence-electron chi connectivity index (χ0n) is 18.8. The Balaban J connectivity index is 1.36. The van der Waals surface area contributed by atoms with Crippen molar-refractivity contribution in [2.24, 2.45) is 0 Å². The summed E-state index contributed by atoms with van der Waals surface area (Å²) in [5.74, 6) is 1.50. The van der Waals surface area contributed by atoms with E-state index in [2.05, 4.69) is 22.1 Å². The molecule has 1 saturated heterocycles. The van der Waals surface area contributed by atoms with E-state index >= 15 is 0 Å². The van der Waals surface area contributed by atoms with Crippen LogP contribution in [0.5, 0.6) is 5.75 Å². The van der Waals surface area contributed by atoms with Gasteiger partial charge in [0.25, 0.3) is 0 Å². The van der Waals surface area contributed by atoms with Gasteiger partial charge in [-0.05, 0) is 42.3 Å². The molecular formula is C25H33N3O4. The fourth-order valence-electron chi connectivity index (χ4n) is 3.44. The number of nitrogens with one attached hydrogen (secondary N) is 1. The summed E-state index contributed by atoms with van der Waals surface area (Å²) in [6.07, 6.45) is 5.45. The van der Waals surface area contributed by atoms with Gasteiger partial charge in [-0.3, -0.25) is 9.59 Å². The van der Waals surface area contributed by atoms with E-state index in [0.29, 0.717) is 18.7 Å². The maximum absolute atomic E-state index is 12.4. The molecule has 0 saturated carbocycles. The molecule has 1 aliphatic rings. The minimum Gasteiger partial charge on any atom is -0.494 e. The summed E-state index contributed by atoms with van der Waals surface area (Å²) >= 11 is 0. The summed E-state index contributed by atoms with van der Waals surface area (Å²) in [7, 11) is 0. The van der Waals surface area contributed by atoms with Gasteiger partial charge in [0.15, 0.2) is 5.78 Å². The van der Waals surface area contributed by atoms with Crippen LogP contribution in [-0.2, 0) is 16.1 Å². The minimum atomic E-state index is -0.147. The largest absolute Gasteiger partial charge is 0.494 e. The molecule has 172 valence electrons. The lowest BCUT2D eigenvalue weighted by Crippen LogP contribution is -2.36. The fraction of sp³-hybridized carbons (Fsp3) is 0.480. The Kier molecular flexibility index (Phi) is 9.50. The van der Waals surface area contributed by atoms with Crippen molar-refractivity contribution in [3.8, 4) is 5.75 Å². The predicted molar refractivity (Wildman–Crippen MR) is 124 cm³/mol. The number of ether oxygens (including phenoxy) is 2. The lowest BCUT2D eigenvalue weighted by molar-refractivity contribution is -0.121. The maximum Gasteiger partial charge on any atom is 0.220 e. The van der Waals surface area contributed by atoms with E-state index in [0.717, 1.165) is 62.7 Å². The van der Waals surface area contributed by atoms with E-state index in [1.807, 2.05) is 24.3 Å². The third-order valence-corrected chi connectivity index (χ3v) is 5.41. The molecule has 3 rings (SSSR count). The second kappa shape index (κ2) is 12.8. The van der Waals surface area contributed by atoms with Crippen LogP contribution in [0.2, 0.25) is 0 Å². The van der Waals surface area contributed by atoms with Crippen LogP contribution in [0.15, 0.2) is 42.6 Å². The molecule has 0 bridgehead atoms. The molecule has 7 heteroatoms. The first-order chi connectivity index (χ1) is 15.7. The summed E-state index contributed by atoms with van der Waals surface area (Å²) in [5, 5.41) is 2.86. The Bertz CT molecular complexity index is 846. The van der Waals surface area contributed by atoms with Crippen molar-refractivity contribution in [3.63, 3.8) is 0 Å². The van der Waals surface area contributed by atoms with Crippen LogP contribution in [-0.4, -0.2) is 49.6 Å². The Hall–Kier alpha value is -2.93. The molecule has 0 radical (unpaired) electrons. The van der Waals surface area contributed by atoms with Crippen LogP contribution in [0, 0.1) is 0 Å². The number of hydrogen-bond donors (Lipinski definition) is 1. The number of ketones is 1. The van der Waals surface area contributed by atoms with E-state index in [9.17, 15) is 9.59 Å². The van der Waals surface area contributed by atoms with Crippen molar-refractivity contribution in [3.05, 3.63) is 53.7 Å². The fourth-order valence-corrected chi connectivity index (χ4v) is 3.44. The van der Waals surface area contributed by atoms with Crippen molar-refractivity contribution in [2.75, 3.05) is 37.8 Å². The number of unbranched alkanes of at least 4 members (excludes halogenated alkanes) is 2. The summed E-state index contributed by atoms with van der Waals surface area (Å²) in [5.41, 5.74) is 1.53. The number of benzene rings is 1. The number of pyridine rings is 1. The monoisotopic (exact) mass is 439 g/mol. The Morgan fingerprint density at radius 2 is 1.84 bits per heavy atom. The third-order valence-electron chi connectivity index (χ3n) is 5.41. The lowest BCUT2D eigenvalue weighted by atomic mass is 10.1. The first kappa shape index (κ1) is 23.7. The van der Waals surface area contributed by atoms with Gasteiger partial charge in [-0.1, -0.05) is 25.8 Å². The summed E-state index contributed by atoms with van der Waals surface area (Å²) in [6, 6.07) is 11.1. The lowest BCUT2D eigenvalue weighted by Gasteiger charge is -2.27. The van der Waals surface area contributed by atoms with Gasteiger partial charge < -0.3 is 19.7 Å². The van der Waals surface area contributed by atoms with Gasteiger partial charge in [0.2, 0.25) is 5.91 Å². The Morgan fingerprint density at radius 3 is 2.53 bits per heavy atom. The van der Waals surface area contributed by atoms with Gasteiger partial charge in [-0.25, -0.2) is 4.98 Å². The molecule has 2 aromatic rings. The van der Waals surface area contributed by atoms with Crippen LogP contribution >= 0.6 is 0 Å². The topological polar surface area (TPSA) is 80.8 Å². The molecule has 1 aromatic heterocycles. The number of rotatable bonds is 12. The molecule has 0 atom stereocenters. The van der Waals surface area contributed by atoms with Crippen molar-refractivity contribution >= 4 is 17.5 Å². The van der Waals surface area contributed by atoms with Crippen molar-refractivity contribution in [2.45, 2.75) is 45.6 Å². The quantitative estimate of drug-likeness (QED) is 0.401. The molecular weight excluding hydrogens is 406 g/mol.